The van der Waals surface area contributed by atoms with Crippen LogP contribution >= 0.6 is 0 Å². The minimum atomic E-state index is 0.560. The first-order valence-electron chi connectivity index (χ1n) is 8.16. The van der Waals surface area contributed by atoms with Crippen molar-refractivity contribution in [2.24, 2.45) is 0 Å². The van der Waals surface area contributed by atoms with Gasteiger partial charge in [0.15, 0.2) is 0 Å². The molecule has 0 saturated carbocycles. The highest BCUT2D eigenvalue weighted by Gasteiger charge is 2.16. The fourth-order valence-electron chi connectivity index (χ4n) is 3.23. The molecule has 4 heteroatoms. The van der Waals surface area contributed by atoms with Crippen LogP contribution in [0.15, 0.2) is 53.1 Å². The first-order valence-corrected chi connectivity index (χ1v) is 8.16. The second kappa shape index (κ2) is 5.64. The van der Waals surface area contributed by atoms with E-state index in [9.17, 15) is 0 Å². The minimum absolute atomic E-state index is 0.560. The Balaban J connectivity index is 1.83. The Morgan fingerprint density at radius 2 is 1.67 bits per heavy atom. The number of rotatable bonds is 3. The van der Waals surface area contributed by atoms with E-state index >= 15 is 0 Å². The predicted octanol–water partition coefficient (Wildman–Crippen LogP) is 5.00. The Kier molecular flexibility index (Phi) is 3.45. The molecule has 0 amide bonds. The van der Waals surface area contributed by atoms with E-state index in [1.165, 1.54) is 16.6 Å². The zero-order valence-corrected chi connectivity index (χ0v) is 14.1. The Labute approximate surface area is 140 Å². The lowest BCUT2D eigenvalue weighted by Gasteiger charge is -2.00. The number of benzene rings is 2. The molecule has 0 aliphatic heterocycles. The van der Waals surface area contributed by atoms with Gasteiger partial charge >= 0.3 is 0 Å². The van der Waals surface area contributed by atoms with E-state index in [0.29, 0.717) is 11.8 Å². The predicted molar refractivity (Wildman–Crippen MR) is 95.8 cm³/mol. The third-order valence-corrected chi connectivity index (χ3v) is 4.25. The van der Waals surface area contributed by atoms with Crippen molar-refractivity contribution < 1.29 is 4.42 Å². The molecule has 120 valence electrons. The van der Waals surface area contributed by atoms with Crippen LogP contribution in [0.4, 0.5) is 0 Å². The third-order valence-electron chi connectivity index (χ3n) is 4.25. The largest absolute Gasteiger partial charge is 0.416 e. The lowest BCUT2D eigenvalue weighted by Crippen LogP contribution is -1.89. The standard InChI is InChI=1S/C20H19N3O/c1-4-23-12-17(16-7-5-6-8-18(16)23)20-22-21-19(24-20)15-10-13(2)9-14(3)11-15/h5-12H,4H2,1-3H3. The highest BCUT2D eigenvalue weighted by molar-refractivity contribution is 5.94. The number of nitrogens with zero attached hydrogens (tertiary/aromatic N) is 3. The first kappa shape index (κ1) is 14.7. The fourth-order valence-corrected chi connectivity index (χ4v) is 3.23. The van der Waals surface area contributed by atoms with Gasteiger partial charge in [0.05, 0.1) is 5.56 Å². The molecule has 0 atom stereocenters. The number of hydrogen-bond acceptors (Lipinski definition) is 3. The van der Waals surface area contributed by atoms with Crippen LogP contribution in [0.2, 0.25) is 0 Å². The Morgan fingerprint density at radius 1 is 0.958 bits per heavy atom. The summed E-state index contributed by atoms with van der Waals surface area (Å²) in [7, 11) is 0. The number of para-hydroxylation sites is 1. The lowest BCUT2D eigenvalue weighted by molar-refractivity contribution is 0.584. The molecule has 0 saturated heterocycles. The monoisotopic (exact) mass is 317 g/mol. The maximum Gasteiger partial charge on any atom is 0.250 e. The van der Waals surface area contributed by atoms with Gasteiger partial charge in [-0.05, 0) is 39.0 Å². The van der Waals surface area contributed by atoms with Gasteiger partial charge in [-0.1, -0.05) is 35.4 Å². The molecule has 2 aromatic carbocycles. The molecule has 0 aliphatic rings. The summed E-state index contributed by atoms with van der Waals surface area (Å²) in [5.41, 5.74) is 5.50. The second-order valence-corrected chi connectivity index (χ2v) is 6.13. The highest BCUT2D eigenvalue weighted by atomic mass is 16.4. The zero-order valence-electron chi connectivity index (χ0n) is 14.1. The number of hydrogen-bond donors (Lipinski definition) is 0. The van der Waals surface area contributed by atoms with E-state index in [1.807, 2.05) is 12.1 Å². The molecule has 0 spiro atoms. The molecular weight excluding hydrogens is 298 g/mol. The molecule has 0 fully saturated rings. The van der Waals surface area contributed by atoms with E-state index < -0.39 is 0 Å². The summed E-state index contributed by atoms with van der Waals surface area (Å²) in [5.74, 6) is 1.12. The Bertz CT molecular complexity index is 1010. The first-order chi connectivity index (χ1) is 11.7. The van der Waals surface area contributed by atoms with Crippen LogP contribution in [-0.2, 0) is 6.54 Å². The molecule has 24 heavy (non-hydrogen) atoms. The van der Waals surface area contributed by atoms with Gasteiger partial charge in [0.1, 0.15) is 0 Å². The van der Waals surface area contributed by atoms with Crippen molar-refractivity contribution in [3.8, 4) is 22.9 Å². The molecule has 4 rings (SSSR count). The molecule has 4 aromatic rings. The maximum absolute atomic E-state index is 6.00. The summed E-state index contributed by atoms with van der Waals surface area (Å²) in [6, 6.07) is 14.6. The molecule has 2 heterocycles. The van der Waals surface area contributed by atoms with Crippen LogP contribution in [0.3, 0.4) is 0 Å². The van der Waals surface area contributed by atoms with Crippen LogP contribution in [0, 0.1) is 13.8 Å². The van der Waals surface area contributed by atoms with E-state index in [0.717, 1.165) is 23.1 Å². The third kappa shape index (κ3) is 2.40. The quantitative estimate of drug-likeness (QED) is 0.534. The Morgan fingerprint density at radius 3 is 2.42 bits per heavy atom. The normalized spacial score (nSPS) is 11.3. The van der Waals surface area contributed by atoms with Crippen molar-refractivity contribution >= 4 is 10.9 Å². The molecule has 0 radical (unpaired) electrons. The molecular formula is C20H19N3O. The highest BCUT2D eigenvalue weighted by Crippen LogP contribution is 2.31. The van der Waals surface area contributed by atoms with Crippen molar-refractivity contribution in [3.05, 3.63) is 59.8 Å². The summed E-state index contributed by atoms with van der Waals surface area (Å²) >= 11 is 0. The molecule has 2 aromatic heterocycles. The van der Waals surface area contributed by atoms with Gasteiger partial charge < -0.3 is 8.98 Å². The summed E-state index contributed by atoms with van der Waals surface area (Å²) in [4.78, 5) is 0. The van der Waals surface area contributed by atoms with Crippen molar-refractivity contribution in [2.75, 3.05) is 0 Å². The summed E-state index contributed by atoms with van der Waals surface area (Å²) in [5, 5.41) is 9.69. The van der Waals surface area contributed by atoms with Crippen molar-refractivity contribution in [1.29, 1.82) is 0 Å². The van der Waals surface area contributed by atoms with Gasteiger partial charge in [0.25, 0.3) is 0 Å². The molecule has 0 bridgehead atoms. The second-order valence-electron chi connectivity index (χ2n) is 6.13. The topological polar surface area (TPSA) is 43.9 Å². The maximum atomic E-state index is 6.00. The van der Waals surface area contributed by atoms with Gasteiger partial charge in [-0.3, -0.25) is 0 Å². The van der Waals surface area contributed by atoms with E-state index in [2.05, 4.69) is 72.1 Å². The van der Waals surface area contributed by atoms with Gasteiger partial charge in [0, 0.05) is 29.2 Å². The van der Waals surface area contributed by atoms with Crippen LogP contribution < -0.4 is 0 Å². The van der Waals surface area contributed by atoms with Crippen molar-refractivity contribution in [1.82, 2.24) is 14.8 Å². The Hall–Kier alpha value is -2.88. The summed E-state index contributed by atoms with van der Waals surface area (Å²) in [6.45, 7) is 7.18. The number of aryl methyl sites for hydroxylation is 3. The zero-order chi connectivity index (χ0) is 16.7. The average Bonchev–Trinajstić information content (AvgIpc) is 3.18. The number of aromatic nitrogens is 3. The van der Waals surface area contributed by atoms with Crippen LogP contribution in [0.5, 0.6) is 0 Å². The van der Waals surface area contributed by atoms with Crippen LogP contribution in [0.1, 0.15) is 18.1 Å². The van der Waals surface area contributed by atoms with E-state index in [-0.39, 0.29) is 0 Å². The average molecular weight is 317 g/mol. The molecule has 0 N–H and O–H groups in total. The van der Waals surface area contributed by atoms with Gasteiger partial charge in [-0.15, -0.1) is 10.2 Å². The minimum Gasteiger partial charge on any atom is -0.416 e. The van der Waals surface area contributed by atoms with Crippen LogP contribution in [-0.4, -0.2) is 14.8 Å². The lowest BCUT2D eigenvalue weighted by atomic mass is 10.1. The SMILES string of the molecule is CCn1cc(-c2nnc(-c3cc(C)cc(C)c3)o2)c2ccccc21. The van der Waals surface area contributed by atoms with Crippen molar-refractivity contribution in [2.45, 2.75) is 27.3 Å². The fraction of sp³-hybridized carbons (Fsp3) is 0.200. The smallest absolute Gasteiger partial charge is 0.250 e. The van der Waals surface area contributed by atoms with Crippen LogP contribution in [0.25, 0.3) is 33.8 Å². The molecule has 4 nitrogen and oxygen atoms in total. The van der Waals surface area contributed by atoms with Gasteiger partial charge in [-0.25, -0.2) is 0 Å². The molecule has 0 unspecified atom stereocenters. The summed E-state index contributed by atoms with van der Waals surface area (Å²) < 4.78 is 8.20. The van der Waals surface area contributed by atoms with E-state index in [1.54, 1.807) is 0 Å². The number of fused-ring (bicyclic) bond motifs is 1. The van der Waals surface area contributed by atoms with Gasteiger partial charge in [-0.2, -0.15) is 0 Å². The van der Waals surface area contributed by atoms with Gasteiger partial charge in [0.2, 0.25) is 11.8 Å². The van der Waals surface area contributed by atoms with E-state index in [4.69, 9.17) is 4.42 Å². The molecule has 0 aliphatic carbocycles. The summed E-state index contributed by atoms with van der Waals surface area (Å²) in [6.07, 6.45) is 2.09. The van der Waals surface area contributed by atoms with Crippen molar-refractivity contribution in [3.63, 3.8) is 0 Å².